The van der Waals surface area contributed by atoms with E-state index in [0.717, 1.165) is 39.0 Å². The standard InChI is InChI=1S/C17H25NO4/c1-18(10-7-14-8-11-21-12-9-14)17(19)13-22-16-6-4-3-5-15(16)20-2/h3-6,14H,7-13H2,1-2H3. The van der Waals surface area contributed by atoms with E-state index in [1.54, 1.807) is 18.1 Å². The maximum absolute atomic E-state index is 12.1. The molecule has 1 aliphatic heterocycles. The average molecular weight is 307 g/mol. The third-order valence-electron chi connectivity index (χ3n) is 4.06. The number of likely N-dealkylation sites (N-methyl/N-ethyl adjacent to an activating group) is 1. The number of hydrogen-bond acceptors (Lipinski definition) is 4. The number of para-hydroxylation sites is 2. The third kappa shape index (κ3) is 4.91. The van der Waals surface area contributed by atoms with Crippen LogP contribution in [-0.2, 0) is 9.53 Å². The lowest BCUT2D eigenvalue weighted by molar-refractivity contribution is -0.132. The van der Waals surface area contributed by atoms with Gasteiger partial charge < -0.3 is 19.1 Å². The first-order valence-electron chi connectivity index (χ1n) is 7.78. The molecule has 0 atom stereocenters. The van der Waals surface area contributed by atoms with E-state index >= 15 is 0 Å². The Hall–Kier alpha value is -1.75. The quantitative estimate of drug-likeness (QED) is 0.776. The van der Waals surface area contributed by atoms with Gasteiger partial charge in [-0.05, 0) is 37.3 Å². The van der Waals surface area contributed by atoms with Crippen LogP contribution in [0, 0.1) is 5.92 Å². The maximum atomic E-state index is 12.1. The zero-order valence-corrected chi connectivity index (χ0v) is 13.4. The van der Waals surface area contributed by atoms with Gasteiger partial charge in [-0.1, -0.05) is 12.1 Å². The van der Waals surface area contributed by atoms with Crippen LogP contribution in [0.5, 0.6) is 11.5 Å². The summed E-state index contributed by atoms with van der Waals surface area (Å²) < 4.78 is 16.1. The zero-order valence-electron chi connectivity index (χ0n) is 13.4. The second-order valence-electron chi connectivity index (χ2n) is 5.60. The number of hydrogen-bond donors (Lipinski definition) is 0. The molecule has 1 heterocycles. The summed E-state index contributed by atoms with van der Waals surface area (Å²) >= 11 is 0. The number of carbonyl (C=O) groups is 1. The van der Waals surface area contributed by atoms with Crippen LogP contribution in [0.2, 0.25) is 0 Å². The molecule has 1 aromatic rings. The molecular formula is C17H25NO4. The Morgan fingerprint density at radius 1 is 1.27 bits per heavy atom. The second-order valence-corrected chi connectivity index (χ2v) is 5.60. The molecule has 5 heteroatoms. The summed E-state index contributed by atoms with van der Waals surface area (Å²) in [6.07, 6.45) is 3.22. The predicted molar refractivity (Wildman–Crippen MR) is 84.3 cm³/mol. The van der Waals surface area contributed by atoms with Crippen molar-refractivity contribution in [3.63, 3.8) is 0 Å². The Labute approximate surface area is 132 Å². The molecule has 1 aliphatic rings. The van der Waals surface area contributed by atoms with E-state index in [0.29, 0.717) is 17.4 Å². The summed E-state index contributed by atoms with van der Waals surface area (Å²) in [4.78, 5) is 13.9. The van der Waals surface area contributed by atoms with Crippen molar-refractivity contribution in [2.24, 2.45) is 5.92 Å². The molecule has 122 valence electrons. The maximum Gasteiger partial charge on any atom is 0.260 e. The number of benzene rings is 1. The first kappa shape index (κ1) is 16.6. The summed E-state index contributed by atoms with van der Waals surface area (Å²) in [5, 5.41) is 0. The molecule has 1 saturated heterocycles. The Balaban J connectivity index is 1.73. The smallest absolute Gasteiger partial charge is 0.260 e. The van der Waals surface area contributed by atoms with Crippen LogP contribution in [0.4, 0.5) is 0 Å². The summed E-state index contributed by atoms with van der Waals surface area (Å²) in [6.45, 7) is 2.49. The number of nitrogens with zero attached hydrogens (tertiary/aromatic N) is 1. The van der Waals surface area contributed by atoms with E-state index in [2.05, 4.69) is 0 Å². The van der Waals surface area contributed by atoms with Crippen LogP contribution < -0.4 is 9.47 Å². The van der Waals surface area contributed by atoms with E-state index in [1.165, 1.54) is 0 Å². The highest BCUT2D eigenvalue weighted by atomic mass is 16.5. The minimum Gasteiger partial charge on any atom is -0.493 e. The van der Waals surface area contributed by atoms with Gasteiger partial charge in [0.2, 0.25) is 0 Å². The Bertz CT molecular complexity index is 471. The molecule has 22 heavy (non-hydrogen) atoms. The van der Waals surface area contributed by atoms with E-state index in [-0.39, 0.29) is 12.5 Å². The molecule has 5 nitrogen and oxygen atoms in total. The number of rotatable bonds is 7. The van der Waals surface area contributed by atoms with Gasteiger partial charge in [-0.15, -0.1) is 0 Å². The van der Waals surface area contributed by atoms with Crippen molar-refractivity contribution in [1.82, 2.24) is 4.90 Å². The summed E-state index contributed by atoms with van der Waals surface area (Å²) in [6, 6.07) is 7.34. The van der Waals surface area contributed by atoms with Gasteiger partial charge >= 0.3 is 0 Å². The van der Waals surface area contributed by atoms with E-state index in [1.807, 2.05) is 25.2 Å². The van der Waals surface area contributed by atoms with E-state index in [4.69, 9.17) is 14.2 Å². The van der Waals surface area contributed by atoms with Crippen LogP contribution in [0.25, 0.3) is 0 Å². The second kappa shape index (κ2) is 8.63. The van der Waals surface area contributed by atoms with Gasteiger partial charge in [-0.3, -0.25) is 4.79 Å². The summed E-state index contributed by atoms with van der Waals surface area (Å²) in [5.74, 6) is 1.88. The van der Waals surface area contributed by atoms with Crippen molar-refractivity contribution in [1.29, 1.82) is 0 Å². The number of ether oxygens (including phenoxy) is 3. The lowest BCUT2D eigenvalue weighted by Gasteiger charge is -2.25. The molecule has 1 aromatic carbocycles. The van der Waals surface area contributed by atoms with Gasteiger partial charge in [0.25, 0.3) is 5.91 Å². The molecular weight excluding hydrogens is 282 g/mol. The molecule has 0 bridgehead atoms. The van der Waals surface area contributed by atoms with Gasteiger partial charge in [-0.2, -0.15) is 0 Å². The van der Waals surface area contributed by atoms with E-state index < -0.39 is 0 Å². The minimum absolute atomic E-state index is 0.0158. The van der Waals surface area contributed by atoms with Crippen LogP contribution in [0.15, 0.2) is 24.3 Å². The predicted octanol–water partition coefficient (Wildman–Crippen LogP) is 2.35. The molecule has 0 radical (unpaired) electrons. The van der Waals surface area contributed by atoms with Gasteiger partial charge in [0.05, 0.1) is 7.11 Å². The summed E-state index contributed by atoms with van der Waals surface area (Å²) in [5.41, 5.74) is 0. The van der Waals surface area contributed by atoms with Crippen molar-refractivity contribution in [2.75, 3.05) is 40.5 Å². The number of carbonyl (C=O) groups excluding carboxylic acids is 1. The summed E-state index contributed by atoms with van der Waals surface area (Å²) in [7, 11) is 3.41. The Kier molecular flexibility index (Phi) is 6.52. The highest BCUT2D eigenvalue weighted by Gasteiger charge is 2.16. The van der Waals surface area contributed by atoms with Crippen LogP contribution in [-0.4, -0.2) is 51.3 Å². The highest BCUT2D eigenvalue weighted by Crippen LogP contribution is 2.25. The normalized spacial score (nSPS) is 15.4. The lowest BCUT2D eigenvalue weighted by atomic mass is 9.96. The molecule has 0 saturated carbocycles. The molecule has 1 fully saturated rings. The van der Waals surface area contributed by atoms with Crippen molar-refractivity contribution < 1.29 is 19.0 Å². The molecule has 0 aliphatic carbocycles. The SMILES string of the molecule is COc1ccccc1OCC(=O)N(C)CCC1CCOCC1. The lowest BCUT2D eigenvalue weighted by Crippen LogP contribution is -2.33. The fourth-order valence-electron chi connectivity index (χ4n) is 2.52. The Morgan fingerprint density at radius 3 is 2.64 bits per heavy atom. The van der Waals surface area contributed by atoms with Gasteiger partial charge in [0, 0.05) is 26.8 Å². The largest absolute Gasteiger partial charge is 0.493 e. The minimum atomic E-state index is -0.0158. The first-order chi connectivity index (χ1) is 10.7. The van der Waals surface area contributed by atoms with Crippen molar-refractivity contribution in [3.8, 4) is 11.5 Å². The van der Waals surface area contributed by atoms with Crippen molar-refractivity contribution in [3.05, 3.63) is 24.3 Å². The van der Waals surface area contributed by atoms with Crippen LogP contribution >= 0.6 is 0 Å². The van der Waals surface area contributed by atoms with Gasteiger partial charge in [0.1, 0.15) is 0 Å². The fraction of sp³-hybridized carbons (Fsp3) is 0.588. The molecule has 0 unspecified atom stereocenters. The molecule has 2 rings (SSSR count). The Morgan fingerprint density at radius 2 is 1.95 bits per heavy atom. The molecule has 0 spiro atoms. The fourth-order valence-corrected chi connectivity index (χ4v) is 2.52. The monoisotopic (exact) mass is 307 g/mol. The number of amides is 1. The average Bonchev–Trinajstić information content (AvgIpc) is 2.58. The van der Waals surface area contributed by atoms with Crippen molar-refractivity contribution >= 4 is 5.91 Å². The molecule has 1 amide bonds. The van der Waals surface area contributed by atoms with Gasteiger partial charge in [-0.25, -0.2) is 0 Å². The molecule has 0 N–H and O–H groups in total. The highest BCUT2D eigenvalue weighted by molar-refractivity contribution is 5.77. The van der Waals surface area contributed by atoms with E-state index in [9.17, 15) is 4.79 Å². The van der Waals surface area contributed by atoms with Crippen LogP contribution in [0.3, 0.4) is 0 Å². The van der Waals surface area contributed by atoms with Gasteiger partial charge in [0.15, 0.2) is 18.1 Å². The first-order valence-corrected chi connectivity index (χ1v) is 7.78. The third-order valence-corrected chi connectivity index (χ3v) is 4.06. The molecule has 0 aromatic heterocycles. The zero-order chi connectivity index (χ0) is 15.8. The van der Waals surface area contributed by atoms with Crippen LogP contribution in [0.1, 0.15) is 19.3 Å². The topological polar surface area (TPSA) is 48.0 Å². The number of methoxy groups -OCH3 is 1. The van der Waals surface area contributed by atoms with Crippen molar-refractivity contribution in [2.45, 2.75) is 19.3 Å².